The minimum absolute atomic E-state index is 0.000869. The maximum absolute atomic E-state index is 13.9. The van der Waals surface area contributed by atoms with Gasteiger partial charge in [-0.1, -0.05) is 17.7 Å². The van der Waals surface area contributed by atoms with Crippen molar-refractivity contribution in [3.8, 4) is 11.8 Å². The lowest BCUT2D eigenvalue weighted by atomic mass is 9.82. The van der Waals surface area contributed by atoms with Crippen molar-refractivity contribution in [1.29, 1.82) is 5.26 Å². The number of aryl methyl sites for hydroxylation is 1. The van der Waals surface area contributed by atoms with Gasteiger partial charge in [0.15, 0.2) is 0 Å². The monoisotopic (exact) mass is 449 g/mol. The van der Waals surface area contributed by atoms with Gasteiger partial charge < -0.3 is 14.7 Å². The van der Waals surface area contributed by atoms with Crippen LogP contribution in [0.5, 0.6) is 5.75 Å². The van der Waals surface area contributed by atoms with Crippen LogP contribution in [-0.4, -0.2) is 60.8 Å². The molecule has 3 rings (SSSR count). The topological polar surface area (TPSA) is 59.7 Å². The Labute approximate surface area is 186 Å². The second kappa shape index (κ2) is 9.99. The molecule has 0 atom stereocenters. The molecule has 0 aliphatic carbocycles. The van der Waals surface area contributed by atoms with Gasteiger partial charge in [-0.05, 0) is 55.7 Å². The fraction of sp³-hybridized carbons (Fsp3) is 0.409. The van der Waals surface area contributed by atoms with E-state index >= 15 is 0 Å². The quantitative estimate of drug-likeness (QED) is 0.584. The molecule has 1 aliphatic rings. The summed E-state index contributed by atoms with van der Waals surface area (Å²) in [5.41, 5.74) is 0.968. The van der Waals surface area contributed by atoms with Crippen molar-refractivity contribution in [1.82, 2.24) is 9.21 Å². The minimum Gasteiger partial charge on any atom is -0.493 e. The number of hydrogen-bond acceptors (Lipinski definition) is 6. The number of benzene rings is 2. The van der Waals surface area contributed by atoms with Gasteiger partial charge >= 0.3 is 0 Å². The predicted octanol–water partition coefficient (Wildman–Crippen LogP) is 3.97. The summed E-state index contributed by atoms with van der Waals surface area (Å²) in [5, 5.41) is 18.9. The fourth-order valence-corrected chi connectivity index (χ4v) is 5.13. The molecular weight excluding hydrogens is 425 g/mol. The van der Waals surface area contributed by atoms with Crippen molar-refractivity contribution in [2.24, 2.45) is 5.41 Å². The number of hydrogen-bond donors (Lipinski definition) is 1. The summed E-state index contributed by atoms with van der Waals surface area (Å²) in [4.78, 5) is 3.08. The van der Waals surface area contributed by atoms with E-state index in [0.29, 0.717) is 18.9 Å². The number of nitriles is 1. The summed E-state index contributed by atoms with van der Waals surface area (Å²) in [6, 6.07) is 12.1. The zero-order valence-electron chi connectivity index (χ0n) is 17.1. The van der Waals surface area contributed by atoms with Gasteiger partial charge in [0.05, 0.1) is 23.8 Å². The van der Waals surface area contributed by atoms with E-state index in [1.165, 1.54) is 12.1 Å². The molecule has 8 heteroatoms. The summed E-state index contributed by atoms with van der Waals surface area (Å²) in [6.07, 6.45) is 0. The van der Waals surface area contributed by atoms with Crippen LogP contribution in [0.2, 0.25) is 5.02 Å². The van der Waals surface area contributed by atoms with E-state index in [9.17, 15) is 9.50 Å². The number of ether oxygens (including phenoxy) is 1. The second-order valence-electron chi connectivity index (χ2n) is 7.83. The van der Waals surface area contributed by atoms with Crippen LogP contribution in [0, 0.1) is 29.5 Å². The molecule has 0 radical (unpaired) electrons. The molecule has 0 spiro atoms. The average molecular weight is 450 g/mol. The SMILES string of the molecule is Cc1ccc(SN2CC(COc3ccc(C#N)c(F)c3)(CN(C)CCO)C2)c(Cl)c1. The fourth-order valence-electron chi connectivity index (χ4n) is 3.56. The third kappa shape index (κ3) is 5.65. The molecule has 1 saturated heterocycles. The van der Waals surface area contributed by atoms with Crippen molar-refractivity contribution in [3.63, 3.8) is 0 Å². The first-order valence-electron chi connectivity index (χ1n) is 9.65. The third-order valence-corrected chi connectivity index (χ3v) is 6.53. The Morgan fingerprint density at radius 2 is 2.10 bits per heavy atom. The van der Waals surface area contributed by atoms with Gasteiger partial charge in [-0.3, -0.25) is 0 Å². The highest BCUT2D eigenvalue weighted by Gasteiger charge is 2.45. The van der Waals surface area contributed by atoms with E-state index in [0.717, 1.165) is 35.1 Å². The Hall–Kier alpha value is -1.82. The summed E-state index contributed by atoms with van der Waals surface area (Å²) >= 11 is 7.98. The Morgan fingerprint density at radius 3 is 2.73 bits per heavy atom. The van der Waals surface area contributed by atoms with Crippen LogP contribution in [-0.2, 0) is 0 Å². The smallest absolute Gasteiger partial charge is 0.144 e. The molecule has 2 aromatic carbocycles. The number of likely N-dealkylation sites (N-methyl/N-ethyl adjacent to an activating group) is 1. The normalized spacial score (nSPS) is 15.6. The lowest BCUT2D eigenvalue weighted by Crippen LogP contribution is -2.60. The number of rotatable bonds is 9. The van der Waals surface area contributed by atoms with Crippen LogP contribution in [0.15, 0.2) is 41.3 Å². The van der Waals surface area contributed by atoms with Crippen molar-refractivity contribution in [2.75, 3.05) is 46.4 Å². The van der Waals surface area contributed by atoms with Gasteiger partial charge in [-0.25, -0.2) is 8.70 Å². The van der Waals surface area contributed by atoms with E-state index in [1.807, 2.05) is 38.2 Å². The first kappa shape index (κ1) is 22.9. The first-order chi connectivity index (χ1) is 14.3. The van der Waals surface area contributed by atoms with Crippen LogP contribution in [0.3, 0.4) is 0 Å². The highest BCUT2D eigenvalue weighted by atomic mass is 35.5. The third-order valence-electron chi connectivity index (χ3n) is 5.03. The molecule has 0 bridgehead atoms. The molecule has 5 nitrogen and oxygen atoms in total. The Kier molecular flexibility index (Phi) is 7.61. The van der Waals surface area contributed by atoms with Gasteiger partial charge in [0.1, 0.15) is 17.6 Å². The summed E-state index contributed by atoms with van der Waals surface area (Å²) in [6.45, 7) is 5.37. The zero-order chi connectivity index (χ0) is 21.7. The van der Waals surface area contributed by atoms with E-state index in [2.05, 4.69) is 9.21 Å². The van der Waals surface area contributed by atoms with Crippen molar-refractivity contribution < 1.29 is 14.2 Å². The molecule has 1 N–H and O–H groups in total. The zero-order valence-corrected chi connectivity index (χ0v) is 18.6. The highest BCUT2D eigenvalue weighted by Crippen LogP contribution is 2.41. The highest BCUT2D eigenvalue weighted by molar-refractivity contribution is 7.97. The maximum Gasteiger partial charge on any atom is 0.144 e. The molecule has 2 aromatic rings. The molecule has 1 heterocycles. The lowest BCUT2D eigenvalue weighted by molar-refractivity contribution is -0.00369. The maximum atomic E-state index is 13.9. The van der Waals surface area contributed by atoms with Crippen LogP contribution in [0.4, 0.5) is 4.39 Å². The van der Waals surface area contributed by atoms with Crippen molar-refractivity contribution >= 4 is 23.5 Å². The summed E-state index contributed by atoms with van der Waals surface area (Å²) in [7, 11) is 1.96. The van der Waals surface area contributed by atoms with E-state index in [-0.39, 0.29) is 17.6 Å². The molecule has 1 fully saturated rings. The number of halogens is 2. The van der Waals surface area contributed by atoms with Gasteiger partial charge in [0, 0.05) is 42.6 Å². The molecule has 1 aliphatic heterocycles. The number of aliphatic hydroxyl groups is 1. The molecule has 0 unspecified atom stereocenters. The standard InChI is InChI=1S/C22H25ClFN3O2S/c1-16-3-6-21(19(23)9-16)30-27-13-22(14-27,12-26(2)7-8-28)15-29-18-5-4-17(11-25)20(24)10-18/h3-6,9-10,28H,7-8,12-15H2,1-2H3. The van der Waals surface area contributed by atoms with Crippen LogP contribution < -0.4 is 4.74 Å². The van der Waals surface area contributed by atoms with Crippen LogP contribution >= 0.6 is 23.5 Å². The molecule has 30 heavy (non-hydrogen) atoms. The van der Waals surface area contributed by atoms with E-state index < -0.39 is 5.82 Å². The number of aliphatic hydroxyl groups excluding tert-OH is 1. The molecule has 0 amide bonds. The second-order valence-corrected chi connectivity index (χ2v) is 9.37. The average Bonchev–Trinajstić information content (AvgIpc) is 2.67. The van der Waals surface area contributed by atoms with E-state index in [4.69, 9.17) is 21.6 Å². The predicted molar refractivity (Wildman–Crippen MR) is 117 cm³/mol. The Bertz CT molecular complexity index is 931. The first-order valence-corrected chi connectivity index (χ1v) is 10.8. The van der Waals surface area contributed by atoms with Gasteiger partial charge in [-0.15, -0.1) is 0 Å². The van der Waals surface area contributed by atoms with Crippen LogP contribution in [0.25, 0.3) is 0 Å². The number of nitrogens with zero attached hydrogens (tertiary/aromatic N) is 3. The lowest BCUT2D eigenvalue weighted by Gasteiger charge is -2.50. The van der Waals surface area contributed by atoms with Gasteiger partial charge in [0.25, 0.3) is 0 Å². The largest absolute Gasteiger partial charge is 0.493 e. The molecule has 0 saturated carbocycles. The van der Waals surface area contributed by atoms with Gasteiger partial charge in [-0.2, -0.15) is 5.26 Å². The minimum atomic E-state index is -0.582. The molecule has 0 aromatic heterocycles. The Morgan fingerprint density at radius 1 is 1.33 bits per heavy atom. The van der Waals surface area contributed by atoms with Crippen LogP contribution in [0.1, 0.15) is 11.1 Å². The van der Waals surface area contributed by atoms with Crippen molar-refractivity contribution in [3.05, 3.63) is 58.4 Å². The summed E-state index contributed by atoms with van der Waals surface area (Å²) < 4.78 is 22.0. The van der Waals surface area contributed by atoms with Gasteiger partial charge in [0.2, 0.25) is 0 Å². The van der Waals surface area contributed by atoms with E-state index in [1.54, 1.807) is 18.0 Å². The Balaban J connectivity index is 1.65. The summed E-state index contributed by atoms with van der Waals surface area (Å²) in [5.74, 6) is -0.176. The molecule has 160 valence electrons. The van der Waals surface area contributed by atoms with Crippen molar-refractivity contribution in [2.45, 2.75) is 11.8 Å². The molecular formula is C22H25ClFN3O2S.